The van der Waals surface area contributed by atoms with E-state index in [2.05, 4.69) is 12.2 Å². The van der Waals surface area contributed by atoms with E-state index < -0.39 is 0 Å². The fraction of sp³-hybridized carbons (Fsp3) is 0.615. The summed E-state index contributed by atoms with van der Waals surface area (Å²) in [5.74, 6) is 0.476. The van der Waals surface area contributed by atoms with Crippen LogP contribution in [0.5, 0.6) is 0 Å². The first-order valence-electron chi connectivity index (χ1n) is 6.16. The van der Waals surface area contributed by atoms with Gasteiger partial charge in [-0.3, -0.25) is 4.79 Å². The molecule has 0 saturated heterocycles. The summed E-state index contributed by atoms with van der Waals surface area (Å²) >= 11 is 1.61. The van der Waals surface area contributed by atoms with Crippen LogP contribution >= 0.6 is 11.3 Å². The molecular weight excluding hydrogens is 234 g/mol. The van der Waals surface area contributed by atoms with Gasteiger partial charge in [0.25, 0.3) is 0 Å². The number of carbonyl (C=O) groups is 1. The zero-order valence-corrected chi connectivity index (χ0v) is 11.1. The Morgan fingerprint density at radius 2 is 2.35 bits per heavy atom. The number of hydrogen-bond acceptors (Lipinski definition) is 3. The predicted octanol–water partition coefficient (Wildman–Crippen LogP) is 2.21. The van der Waals surface area contributed by atoms with Gasteiger partial charge >= 0.3 is 0 Å². The van der Waals surface area contributed by atoms with Crippen molar-refractivity contribution in [1.29, 1.82) is 0 Å². The fourth-order valence-electron chi connectivity index (χ4n) is 1.83. The van der Waals surface area contributed by atoms with Crippen LogP contribution in [0.2, 0.25) is 0 Å². The third kappa shape index (κ3) is 5.84. The molecule has 1 unspecified atom stereocenters. The fourth-order valence-corrected chi connectivity index (χ4v) is 2.53. The Balaban J connectivity index is 2.25. The van der Waals surface area contributed by atoms with Crippen molar-refractivity contribution in [2.24, 2.45) is 5.92 Å². The summed E-state index contributed by atoms with van der Waals surface area (Å²) in [4.78, 5) is 12.8. The minimum atomic E-state index is 0.0755. The summed E-state index contributed by atoms with van der Waals surface area (Å²) in [7, 11) is 0. The molecule has 2 N–H and O–H groups in total. The number of amides is 1. The van der Waals surface area contributed by atoms with Crippen molar-refractivity contribution in [3.8, 4) is 0 Å². The number of aliphatic hydroxyl groups is 1. The lowest BCUT2D eigenvalue weighted by molar-refractivity contribution is -0.120. The second kappa shape index (κ2) is 8.25. The van der Waals surface area contributed by atoms with Crippen LogP contribution < -0.4 is 5.32 Å². The first kappa shape index (κ1) is 14.2. The van der Waals surface area contributed by atoms with Gasteiger partial charge in [-0.25, -0.2) is 0 Å². The van der Waals surface area contributed by atoms with Crippen molar-refractivity contribution in [2.45, 2.75) is 32.6 Å². The van der Waals surface area contributed by atoms with Gasteiger partial charge in [-0.2, -0.15) is 0 Å². The molecule has 3 nitrogen and oxygen atoms in total. The summed E-state index contributed by atoms with van der Waals surface area (Å²) in [5, 5.41) is 13.9. The Morgan fingerprint density at radius 3 is 2.94 bits per heavy atom. The highest BCUT2D eigenvalue weighted by Gasteiger charge is 2.09. The molecule has 1 aromatic rings. The summed E-state index contributed by atoms with van der Waals surface area (Å²) in [5.41, 5.74) is 0. The molecule has 0 fully saturated rings. The normalized spacial score (nSPS) is 12.4. The van der Waals surface area contributed by atoms with Crippen LogP contribution in [0.3, 0.4) is 0 Å². The van der Waals surface area contributed by atoms with E-state index in [-0.39, 0.29) is 12.5 Å². The molecule has 1 amide bonds. The quantitative estimate of drug-likeness (QED) is 0.748. The van der Waals surface area contributed by atoms with Gasteiger partial charge in [0.2, 0.25) is 5.91 Å². The standard InChI is InChI=1S/C13H21NO2S/c1-2-4-11(6-7-15)10-14-13(16)9-12-5-3-8-17-12/h3,5,8,11,15H,2,4,6-7,9-10H2,1H3,(H,14,16). The molecule has 1 rings (SSSR count). The predicted molar refractivity (Wildman–Crippen MR) is 71.1 cm³/mol. The molecule has 4 heteroatoms. The van der Waals surface area contributed by atoms with Gasteiger partial charge in [-0.05, 0) is 30.2 Å². The number of aliphatic hydroxyl groups excluding tert-OH is 1. The molecule has 0 aliphatic carbocycles. The SMILES string of the molecule is CCCC(CCO)CNC(=O)Cc1cccs1. The maximum Gasteiger partial charge on any atom is 0.225 e. The number of nitrogens with one attached hydrogen (secondary N) is 1. The zero-order valence-electron chi connectivity index (χ0n) is 10.3. The molecule has 0 radical (unpaired) electrons. The van der Waals surface area contributed by atoms with Crippen LogP contribution in [-0.4, -0.2) is 24.2 Å². The second-order valence-corrected chi connectivity index (χ2v) is 5.26. The minimum Gasteiger partial charge on any atom is -0.396 e. The van der Waals surface area contributed by atoms with Crippen molar-refractivity contribution >= 4 is 17.2 Å². The maximum absolute atomic E-state index is 11.7. The Bertz CT molecular complexity index is 305. The van der Waals surface area contributed by atoms with Gasteiger partial charge < -0.3 is 10.4 Å². The van der Waals surface area contributed by atoms with E-state index in [1.807, 2.05) is 17.5 Å². The monoisotopic (exact) mass is 255 g/mol. The number of rotatable bonds is 8. The molecule has 1 atom stereocenters. The van der Waals surface area contributed by atoms with Gasteiger partial charge in [0.1, 0.15) is 0 Å². The van der Waals surface area contributed by atoms with Crippen LogP contribution in [0.1, 0.15) is 31.1 Å². The Labute approximate surface area is 107 Å². The van der Waals surface area contributed by atoms with Crippen LogP contribution in [0.4, 0.5) is 0 Å². The Hall–Kier alpha value is -0.870. The Kier molecular flexibility index (Phi) is 6.89. The van der Waals surface area contributed by atoms with Crippen LogP contribution in [0.15, 0.2) is 17.5 Å². The summed E-state index contributed by atoms with van der Waals surface area (Å²) in [6, 6.07) is 3.93. The highest BCUT2D eigenvalue weighted by Crippen LogP contribution is 2.11. The smallest absolute Gasteiger partial charge is 0.225 e. The summed E-state index contributed by atoms with van der Waals surface area (Å²) < 4.78 is 0. The minimum absolute atomic E-state index is 0.0755. The second-order valence-electron chi connectivity index (χ2n) is 4.23. The van der Waals surface area contributed by atoms with E-state index >= 15 is 0 Å². The van der Waals surface area contributed by atoms with Gasteiger partial charge in [0.15, 0.2) is 0 Å². The van der Waals surface area contributed by atoms with Crippen molar-refractivity contribution in [3.05, 3.63) is 22.4 Å². The number of carbonyl (C=O) groups excluding carboxylic acids is 1. The summed E-state index contributed by atoms with van der Waals surface area (Å²) in [6.07, 6.45) is 3.38. The van der Waals surface area contributed by atoms with E-state index in [1.165, 1.54) is 0 Å². The van der Waals surface area contributed by atoms with Crippen LogP contribution in [0.25, 0.3) is 0 Å². The Morgan fingerprint density at radius 1 is 1.53 bits per heavy atom. The van der Waals surface area contributed by atoms with E-state index in [4.69, 9.17) is 5.11 Å². The molecule has 96 valence electrons. The molecule has 0 aliphatic heterocycles. The third-order valence-corrected chi connectivity index (χ3v) is 3.61. The molecule has 1 aromatic heterocycles. The molecule has 0 spiro atoms. The summed E-state index contributed by atoms with van der Waals surface area (Å²) in [6.45, 7) is 3.00. The topological polar surface area (TPSA) is 49.3 Å². The number of thiophene rings is 1. The van der Waals surface area contributed by atoms with Crippen molar-refractivity contribution in [2.75, 3.05) is 13.2 Å². The first-order chi connectivity index (χ1) is 8.26. The molecular formula is C13H21NO2S. The third-order valence-electron chi connectivity index (χ3n) is 2.74. The average Bonchev–Trinajstić information content (AvgIpc) is 2.79. The lowest BCUT2D eigenvalue weighted by Gasteiger charge is -2.15. The highest BCUT2D eigenvalue weighted by atomic mass is 32.1. The van der Waals surface area contributed by atoms with Crippen molar-refractivity contribution in [1.82, 2.24) is 5.32 Å². The molecule has 0 aliphatic rings. The van der Waals surface area contributed by atoms with Gasteiger partial charge in [-0.1, -0.05) is 19.4 Å². The van der Waals surface area contributed by atoms with E-state index in [9.17, 15) is 4.79 Å². The zero-order chi connectivity index (χ0) is 12.5. The van der Waals surface area contributed by atoms with Gasteiger partial charge in [0.05, 0.1) is 6.42 Å². The lowest BCUT2D eigenvalue weighted by Crippen LogP contribution is -2.30. The molecule has 17 heavy (non-hydrogen) atoms. The molecule has 1 heterocycles. The molecule has 0 aromatic carbocycles. The maximum atomic E-state index is 11.7. The largest absolute Gasteiger partial charge is 0.396 e. The van der Waals surface area contributed by atoms with E-state index in [0.29, 0.717) is 18.9 Å². The van der Waals surface area contributed by atoms with E-state index in [1.54, 1.807) is 11.3 Å². The average molecular weight is 255 g/mol. The molecule has 0 saturated carbocycles. The van der Waals surface area contributed by atoms with Crippen molar-refractivity contribution < 1.29 is 9.90 Å². The number of hydrogen-bond donors (Lipinski definition) is 2. The van der Waals surface area contributed by atoms with Crippen molar-refractivity contribution in [3.63, 3.8) is 0 Å². The van der Waals surface area contributed by atoms with Gasteiger partial charge in [-0.15, -0.1) is 11.3 Å². The van der Waals surface area contributed by atoms with Gasteiger partial charge in [0, 0.05) is 18.0 Å². The molecule has 0 bridgehead atoms. The van der Waals surface area contributed by atoms with E-state index in [0.717, 1.165) is 24.1 Å². The van der Waals surface area contributed by atoms with Crippen LogP contribution in [-0.2, 0) is 11.2 Å². The highest BCUT2D eigenvalue weighted by molar-refractivity contribution is 7.10. The van der Waals surface area contributed by atoms with Crippen LogP contribution in [0, 0.1) is 5.92 Å². The first-order valence-corrected chi connectivity index (χ1v) is 7.04. The lowest BCUT2D eigenvalue weighted by atomic mass is 10.0.